The van der Waals surface area contributed by atoms with Crippen molar-refractivity contribution in [1.29, 1.82) is 0 Å². The summed E-state index contributed by atoms with van der Waals surface area (Å²) >= 11 is -0.881. The van der Waals surface area contributed by atoms with E-state index in [9.17, 15) is 18.5 Å². The minimum Gasteiger partial charge on any atom is -0.616 e. The Bertz CT molecular complexity index is 1010. The number of carbonyl (C=O) groups is 2. The quantitative estimate of drug-likeness (QED) is 0.521. The average Bonchev–Trinajstić information content (AvgIpc) is 3.35. The first kappa shape index (κ1) is 20.4. The smallest absolute Gasteiger partial charge is 0.414 e. The maximum Gasteiger partial charge on any atom is 0.414 e. The van der Waals surface area contributed by atoms with E-state index in [1.807, 2.05) is 0 Å². The van der Waals surface area contributed by atoms with Gasteiger partial charge in [-0.3, -0.25) is 4.90 Å². The molecule has 0 saturated carbocycles. The lowest BCUT2D eigenvalue weighted by Crippen LogP contribution is -2.26. The predicted octanol–water partition coefficient (Wildman–Crippen LogP) is 1.77. The van der Waals surface area contributed by atoms with E-state index in [1.54, 1.807) is 18.2 Å². The molecule has 1 fully saturated rings. The van der Waals surface area contributed by atoms with Crippen molar-refractivity contribution < 1.29 is 28.0 Å². The van der Waals surface area contributed by atoms with Crippen LogP contribution in [0.25, 0.3) is 5.57 Å². The van der Waals surface area contributed by atoms with Crippen LogP contribution in [0.4, 0.5) is 14.9 Å². The van der Waals surface area contributed by atoms with E-state index in [0.29, 0.717) is 29.2 Å². The molecule has 11 heteroatoms. The fourth-order valence-corrected chi connectivity index (χ4v) is 4.40. The average molecular weight is 434 g/mol. The Morgan fingerprint density at radius 3 is 3.00 bits per heavy atom. The lowest BCUT2D eigenvalue weighted by atomic mass is 10.0. The Morgan fingerprint density at radius 1 is 1.47 bits per heavy atom. The van der Waals surface area contributed by atoms with Crippen LogP contribution >= 0.6 is 0 Å². The van der Waals surface area contributed by atoms with Crippen molar-refractivity contribution in [3.63, 3.8) is 0 Å². The fourth-order valence-electron chi connectivity index (χ4n) is 3.40. The number of amides is 1. The van der Waals surface area contributed by atoms with Crippen LogP contribution in [0, 0.1) is 5.82 Å². The summed E-state index contributed by atoms with van der Waals surface area (Å²) in [7, 11) is 1.24. The highest BCUT2D eigenvalue weighted by Crippen LogP contribution is 2.30. The van der Waals surface area contributed by atoms with E-state index in [4.69, 9.17) is 4.74 Å². The summed E-state index contributed by atoms with van der Waals surface area (Å²) in [6.45, 7) is 0.392. The molecular formula is C19H19FN4O5S. The van der Waals surface area contributed by atoms with Gasteiger partial charge in [-0.25, -0.2) is 18.7 Å². The number of aromatic nitrogens is 3. The normalized spacial score (nSPS) is 21.4. The number of allylic oxidation sites excluding steroid dienone is 1. The van der Waals surface area contributed by atoms with Gasteiger partial charge in [0.2, 0.25) is 0 Å². The van der Waals surface area contributed by atoms with Crippen molar-refractivity contribution >= 4 is 34.5 Å². The molecule has 2 aliphatic rings. The third-order valence-corrected chi connectivity index (χ3v) is 6.12. The summed E-state index contributed by atoms with van der Waals surface area (Å²) in [6.07, 6.45) is 2.64. The van der Waals surface area contributed by atoms with E-state index in [0.717, 1.165) is 5.57 Å². The van der Waals surface area contributed by atoms with Gasteiger partial charge in [0.15, 0.2) is 5.69 Å². The van der Waals surface area contributed by atoms with Crippen molar-refractivity contribution in [3.8, 4) is 0 Å². The number of halogens is 1. The monoisotopic (exact) mass is 434 g/mol. The molecule has 0 spiro atoms. The van der Waals surface area contributed by atoms with E-state index in [1.165, 1.54) is 29.0 Å². The number of rotatable bonds is 5. The molecule has 3 heterocycles. The SMILES string of the molecule is COC(=O)c1cn(C[C@H]2CN(c3ccc(C4=CC[S@+]([O-])CC4)c(F)c3)C(=O)O2)nn1. The molecule has 9 nitrogen and oxygen atoms in total. The molecule has 30 heavy (non-hydrogen) atoms. The highest BCUT2D eigenvalue weighted by molar-refractivity contribution is 7.91. The molecule has 0 bridgehead atoms. The molecule has 0 radical (unpaired) electrons. The second kappa shape index (κ2) is 8.44. The van der Waals surface area contributed by atoms with Gasteiger partial charge in [0.25, 0.3) is 0 Å². The number of esters is 1. The lowest BCUT2D eigenvalue weighted by molar-refractivity contribution is 0.0593. The topological polar surface area (TPSA) is 110 Å². The number of methoxy groups -OCH3 is 1. The summed E-state index contributed by atoms with van der Waals surface area (Å²) in [5.41, 5.74) is 1.72. The molecule has 4 rings (SSSR count). The van der Waals surface area contributed by atoms with Crippen LogP contribution < -0.4 is 4.90 Å². The number of carbonyl (C=O) groups excluding carboxylic acids is 2. The van der Waals surface area contributed by atoms with Crippen LogP contribution in [0.5, 0.6) is 0 Å². The maximum absolute atomic E-state index is 14.7. The van der Waals surface area contributed by atoms with E-state index in [2.05, 4.69) is 15.0 Å². The van der Waals surface area contributed by atoms with Gasteiger partial charge in [-0.1, -0.05) is 5.21 Å². The van der Waals surface area contributed by atoms with Gasteiger partial charge in [0.05, 0.1) is 32.1 Å². The molecule has 1 saturated heterocycles. The minimum absolute atomic E-state index is 0.0530. The van der Waals surface area contributed by atoms with Crippen LogP contribution in [0.3, 0.4) is 0 Å². The number of hydrogen-bond acceptors (Lipinski definition) is 7. The Morgan fingerprint density at radius 2 is 2.30 bits per heavy atom. The van der Waals surface area contributed by atoms with Crippen molar-refractivity contribution in [1.82, 2.24) is 15.0 Å². The first-order valence-electron chi connectivity index (χ1n) is 9.25. The molecule has 1 aromatic heterocycles. The van der Waals surface area contributed by atoms with Crippen LogP contribution in [-0.4, -0.2) is 62.9 Å². The standard InChI is InChI=1S/C19H19FN4O5S/c1-28-18(25)17-11-23(22-21-17)9-14-10-24(19(26)29-14)13-2-3-15(16(20)8-13)12-4-6-30(27)7-5-12/h2-4,8,11,14H,5-7,9-10H2,1H3/t14-,30-/m0/s1. The molecule has 1 aromatic carbocycles. The fraction of sp³-hybridized carbons (Fsp3) is 0.368. The highest BCUT2D eigenvalue weighted by Gasteiger charge is 2.33. The lowest BCUT2D eigenvalue weighted by Gasteiger charge is -2.19. The first-order valence-corrected chi connectivity index (χ1v) is 10.7. The number of ether oxygens (including phenoxy) is 2. The number of anilines is 1. The predicted molar refractivity (Wildman–Crippen MR) is 106 cm³/mol. The third kappa shape index (κ3) is 4.17. The van der Waals surface area contributed by atoms with Gasteiger partial charge in [0, 0.05) is 12.0 Å². The van der Waals surface area contributed by atoms with E-state index < -0.39 is 35.2 Å². The minimum atomic E-state index is -0.881. The number of hydrogen-bond donors (Lipinski definition) is 0. The zero-order chi connectivity index (χ0) is 21.3. The molecule has 1 amide bonds. The Balaban J connectivity index is 1.44. The van der Waals surface area contributed by atoms with E-state index in [-0.39, 0.29) is 18.8 Å². The van der Waals surface area contributed by atoms with Crippen LogP contribution in [0.15, 0.2) is 30.5 Å². The highest BCUT2D eigenvalue weighted by atomic mass is 32.2. The zero-order valence-electron chi connectivity index (χ0n) is 16.1. The Hall–Kier alpha value is -2.92. The summed E-state index contributed by atoms with van der Waals surface area (Å²) in [5, 5.41) is 7.53. The second-order valence-corrected chi connectivity index (χ2v) is 8.51. The first-order chi connectivity index (χ1) is 14.4. The molecule has 2 atom stereocenters. The molecule has 2 aliphatic heterocycles. The van der Waals surface area contributed by atoms with Gasteiger partial charge >= 0.3 is 12.1 Å². The maximum atomic E-state index is 14.7. The van der Waals surface area contributed by atoms with E-state index >= 15 is 0 Å². The van der Waals surface area contributed by atoms with Crippen molar-refractivity contribution in [3.05, 3.63) is 47.5 Å². The second-order valence-electron chi connectivity index (χ2n) is 6.89. The van der Waals surface area contributed by atoms with Gasteiger partial charge in [-0.05, 0) is 41.0 Å². The Labute approximate surface area is 174 Å². The van der Waals surface area contributed by atoms with Crippen molar-refractivity contribution in [2.24, 2.45) is 0 Å². The molecule has 0 unspecified atom stereocenters. The number of benzene rings is 1. The summed E-state index contributed by atoms with van der Waals surface area (Å²) in [5.74, 6) is -0.105. The van der Waals surface area contributed by atoms with Gasteiger partial charge in [-0.15, -0.1) is 5.10 Å². The zero-order valence-corrected chi connectivity index (χ0v) is 16.9. The molecule has 0 aliphatic carbocycles. The van der Waals surface area contributed by atoms with Crippen molar-refractivity contribution in [2.75, 3.05) is 30.1 Å². The number of cyclic esters (lactones) is 1. The van der Waals surface area contributed by atoms with Gasteiger partial charge in [0.1, 0.15) is 23.4 Å². The third-order valence-electron chi connectivity index (χ3n) is 4.92. The van der Waals surface area contributed by atoms with Crippen LogP contribution in [0.1, 0.15) is 22.5 Å². The van der Waals surface area contributed by atoms with Crippen molar-refractivity contribution in [2.45, 2.75) is 19.1 Å². The Kier molecular flexibility index (Phi) is 5.73. The molecule has 2 aromatic rings. The van der Waals surface area contributed by atoms with Crippen LogP contribution in [0.2, 0.25) is 0 Å². The van der Waals surface area contributed by atoms with Crippen LogP contribution in [-0.2, 0) is 27.2 Å². The van der Waals surface area contributed by atoms with Gasteiger partial charge in [-0.2, -0.15) is 0 Å². The molecule has 0 N–H and O–H groups in total. The number of nitrogens with zero attached hydrogens (tertiary/aromatic N) is 4. The molecular weight excluding hydrogens is 415 g/mol. The largest absolute Gasteiger partial charge is 0.616 e. The summed E-state index contributed by atoms with van der Waals surface area (Å²) in [6, 6.07) is 4.60. The van der Waals surface area contributed by atoms with Gasteiger partial charge < -0.3 is 14.0 Å². The molecule has 158 valence electrons. The summed E-state index contributed by atoms with van der Waals surface area (Å²) in [4.78, 5) is 25.1. The summed E-state index contributed by atoms with van der Waals surface area (Å²) < 4.78 is 37.5.